The summed E-state index contributed by atoms with van der Waals surface area (Å²) < 4.78 is 11.2. The van der Waals surface area contributed by atoms with E-state index in [1.165, 1.54) is 0 Å². The number of nitrogens with one attached hydrogen (secondary N) is 1. The maximum atomic E-state index is 12.7. The van der Waals surface area contributed by atoms with Crippen molar-refractivity contribution in [1.29, 1.82) is 0 Å². The highest BCUT2D eigenvalue weighted by molar-refractivity contribution is 5.93. The number of carbonyl (C=O) groups is 1. The first-order chi connectivity index (χ1) is 12.3. The molecule has 0 spiro atoms. The van der Waals surface area contributed by atoms with Crippen LogP contribution in [-0.4, -0.2) is 48.3 Å². The van der Waals surface area contributed by atoms with Crippen LogP contribution in [0.15, 0.2) is 30.5 Å². The molecule has 0 radical (unpaired) electrons. The summed E-state index contributed by atoms with van der Waals surface area (Å²) in [5.74, 6) is 0.735. The maximum absolute atomic E-state index is 12.7. The third kappa shape index (κ3) is 3.65. The molecule has 6 heteroatoms. The fraction of sp³-hybridized carbons (Fsp3) is 0.526. The lowest BCUT2D eigenvalue weighted by atomic mass is 9.79. The molecular formula is C19H23N3O3. The highest BCUT2D eigenvalue weighted by atomic mass is 16.5. The van der Waals surface area contributed by atoms with Gasteiger partial charge in [-0.15, -0.1) is 0 Å². The number of ether oxygens (including phenoxy) is 2. The molecular weight excluding hydrogens is 318 g/mol. The Labute approximate surface area is 146 Å². The molecule has 3 heterocycles. The minimum Gasteiger partial charge on any atom is -0.381 e. The number of hydrogen-bond acceptors (Lipinski definition) is 5. The van der Waals surface area contributed by atoms with Crippen LogP contribution in [0.2, 0.25) is 0 Å². The molecule has 1 aromatic carbocycles. The van der Waals surface area contributed by atoms with Gasteiger partial charge in [0.25, 0.3) is 5.91 Å². The number of aromatic nitrogens is 2. The van der Waals surface area contributed by atoms with Crippen LogP contribution in [0.25, 0.3) is 11.0 Å². The molecule has 132 valence electrons. The molecule has 0 unspecified atom stereocenters. The van der Waals surface area contributed by atoms with Gasteiger partial charge in [-0.1, -0.05) is 12.1 Å². The standard InChI is InChI=1S/C19H23N3O3/c23-19(18-11-20-16-3-1-2-4-17(16)21-18)22-15-7-10-25-12-14(15)13-5-8-24-9-6-13/h1-4,11,13-15H,5-10,12H2,(H,22,23)/t14-,15-/m1/s1. The average molecular weight is 341 g/mol. The van der Waals surface area contributed by atoms with Crippen molar-refractivity contribution in [2.24, 2.45) is 11.8 Å². The quantitative estimate of drug-likeness (QED) is 0.926. The van der Waals surface area contributed by atoms with Gasteiger partial charge in [-0.3, -0.25) is 9.78 Å². The smallest absolute Gasteiger partial charge is 0.271 e. The molecule has 2 aliphatic rings. The summed E-state index contributed by atoms with van der Waals surface area (Å²) in [6.45, 7) is 3.00. The summed E-state index contributed by atoms with van der Waals surface area (Å²) in [4.78, 5) is 21.5. The number of amides is 1. The third-order valence-electron chi connectivity index (χ3n) is 5.27. The lowest BCUT2D eigenvalue weighted by Crippen LogP contribution is -2.49. The zero-order valence-corrected chi connectivity index (χ0v) is 14.2. The van der Waals surface area contributed by atoms with Gasteiger partial charge in [0.15, 0.2) is 0 Å². The van der Waals surface area contributed by atoms with E-state index in [9.17, 15) is 4.79 Å². The largest absolute Gasteiger partial charge is 0.381 e. The molecule has 25 heavy (non-hydrogen) atoms. The first kappa shape index (κ1) is 16.4. The molecule has 4 rings (SSSR count). The number of carbonyl (C=O) groups excluding carboxylic acids is 1. The summed E-state index contributed by atoms with van der Waals surface area (Å²) in [6, 6.07) is 7.70. The lowest BCUT2D eigenvalue weighted by molar-refractivity contribution is -0.0259. The van der Waals surface area contributed by atoms with Gasteiger partial charge in [-0.25, -0.2) is 4.98 Å². The fourth-order valence-electron chi connectivity index (χ4n) is 3.86. The van der Waals surface area contributed by atoms with E-state index in [1.54, 1.807) is 6.20 Å². The van der Waals surface area contributed by atoms with Gasteiger partial charge in [0.1, 0.15) is 5.69 Å². The molecule has 1 amide bonds. The molecule has 2 aliphatic heterocycles. The number of benzene rings is 1. The highest BCUT2D eigenvalue weighted by Gasteiger charge is 2.34. The monoisotopic (exact) mass is 341 g/mol. The van der Waals surface area contributed by atoms with Crippen molar-refractivity contribution in [2.45, 2.75) is 25.3 Å². The molecule has 1 aromatic heterocycles. The normalized spacial score (nSPS) is 25.0. The summed E-state index contributed by atoms with van der Waals surface area (Å²) in [5.41, 5.74) is 1.91. The predicted octanol–water partition coefficient (Wildman–Crippen LogP) is 2.19. The summed E-state index contributed by atoms with van der Waals surface area (Å²) in [6.07, 6.45) is 4.47. The Hall–Kier alpha value is -2.05. The summed E-state index contributed by atoms with van der Waals surface area (Å²) in [5, 5.41) is 3.18. The zero-order valence-electron chi connectivity index (χ0n) is 14.2. The Kier molecular flexibility index (Phi) is 4.90. The van der Waals surface area contributed by atoms with Crippen molar-refractivity contribution in [3.8, 4) is 0 Å². The predicted molar refractivity (Wildman–Crippen MR) is 93.3 cm³/mol. The first-order valence-corrected chi connectivity index (χ1v) is 8.99. The van der Waals surface area contributed by atoms with Crippen LogP contribution in [0.1, 0.15) is 29.8 Å². The van der Waals surface area contributed by atoms with E-state index < -0.39 is 0 Å². The van der Waals surface area contributed by atoms with Crippen molar-refractivity contribution < 1.29 is 14.3 Å². The second-order valence-electron chi connectivity index (χ2n) is 6.80. The molecule has 0 bridgehead atoms. The van der Waals surface area contributed by atoms with Gasteiger partial charge < -0.3 is 14.8 Å². The first-order valence-electron chi connectivity index (χ1n) is 8.99. The molecule has 2 saturated heterocycles. The van der Waals surface area contributed by atoms with Gasteiger partial charge >= 0.3 is 0 Å². The second kappa shape index (κ2) is 7.45. The number of para-hydroxylation sites is 2. The van der Waals surface area contributed by atoms with E-state index in [0.29, 0.717) is 30.7 Å². The number of rotatable bonds is 3. The Morgan fingerprint density at radius 1 is 1.04 bits per heavy atom. The Morgan fingerprint density at radius 3 is 2.64 bits per heavy atom. The molecule has 6 nitrogen and oxygen atoms in total. The van der Waals surface area contributed by atoms with E-state index in [1.807, 2.05) is 24.3 Å². The topological polar surface area (TPSA) is 73.3 Å². The van der Waals surface area contributed by atoms with Crippen molar-refractivity contribution in [2.75, 3.05) is 26.4 Å². The van der Waals surface area contributed by atoms with Crippen molar-refractivity contribution in [1.82, 2.24) is 15.3 Å². The lowest BCUT2D eigenvalue weighted by Gasteiger charge is -2.38. The number of nitrogens with zero attached hydrogens (tertiary/aromatic N) is 2. The Bertz CT molecular complexity index is 746. The van der Waals surface area contributed by atoms with Crippen molar-refractivity contribution in [3.63, 3.8) is 0 Å². The summed E-state index contributed by atoms with van der Waals surface area (Å²) in [7, 11) is 0. The van der Waals surface area contributed by atoms with E-state index >= 15 is 0 Å². The van der Waals surface area contributed by atoms with Gasteiger partial charge in [-0.2, -0.15) is 0 Å². The Balaban J connectivity index is 1.49. The van der Waals surface area contributed by atoms with Crippen LogP contribution < -0.4 is 5.32 Å². The van der Waals surface area contributed by atoms with E-state index in [-0.39, 0.29) is 11.9 Å². The minimum atomic E-state index is -0.151. The molecule has 2 atom stereocenters. The Morgan fingerprint density at radius 2 is 1.80 bits per heavy atom. The van der Waals surface area contributed by atoms with Crippen LogP contribution in [-0.2, 0) is 9.47 Å². The number of fused-ring (bicyclic) bond motifs is 1. The molecule has 0 saturated carbocycles. The van der Waals surface area contributed by atoms with E-state index in [2.05, 4.69) is 15.3 Å². The molecule has 1 N–H and O–H groups in total. The zero-order chi connectivity index (χ0) is 17.1. The third-order valence-corrected chi connectivity index (χ3v) is 5.27. The summed E-state index contributed by atoms with van der Waals surface area (Å²) >= 11 is 0. The van der Waals surface area contributed by atoms with Gasteiger partial charge in [0, 0.05) is 31.8 Å². The minimum absolute atomic E-state index is 0.123. The molecule has 2 fully saturated rings. The van der Waals surface area contributed by atoms with E-state index in [0.717, 1.165) is 43.5 Å². The van der Waals surface area contributed by atoms with Crippen LogP contribution in [0.5, 0.6) is 0 Å². The fourth-order valence-corrected chi connectivity index (χ4v) is 3.86. The van der Waals surface area contributed by atoms with Gasteiger partial charge in [0.05, 0.1) is 23.8 Å². The van der Waals surface area contributed by atoms with Crippen LogP contribution in [0, 0.1) is 11.8 Å². The highest BCUT2D eigenvalue weighted by Crippen LogP contribution is 2.30. The van der Waals surface area contributed by atoms with Crippen LogP contribution >= 0.6 is 0 Å². The number of hydrogen-bond donors (Lipinski definition) is 1. The van der Waals surface area contributed by atoms with Crippen LogP contribution in [0.4, 0.5) is 0 Å². The molecule has 2 aromatic rings. The maximum Gasteiger partial charge on any atom is 0.271 e. The average Bonchev–Trinajstić information content (AvgIpc) is 2.68. The molecule has 0 aliphatic carbocycles. The van der Waals surface area contributed by atoms with Gasteiger partial charge in [0.2, 0.25) is 0 Å². The van der Waals surface area contributed by atoms with Crippen LogP contribution in [0.3, 0.4) is 0 Å². The van der Waals surface area contributed by atoms with Gasteiger partial charge in [-0.05, 0) is 37.3 Å². The second-order valence-corrected chi connectivity index (χ2v) is 6.80. The SMILES string of the molecule is O=C(N[C@@H]1CCOC[C@@H]1C1CCOCC1)c1cnc2ccccc2n1. The van der Waals surface area contributed by atoms with Crippen molar-refractivity contribution in [3.05, 3.63) is 36.2 Å². The van der Waals surface area contributed by atoms with Crippen molar-refractivity contribution >= 4 is 16.9 Å². The van der Waals surface area contributed by atoms with E-state index in [4.69, 9.17) is 9.47 Å².